The molecule has 1 aromatic carbocycles. The summed E-state index contributed by atoms with van der Waals surface area (Å²) in [6.45, 7) is 0. The molecule has 3 rings (SSSR count). The van der Waals surface area contributed by atoms with Crippen molar-refractivity contribution in [3.05, 3.63) is 29.3 Å². The molecule has 1 saturated carbocycles. The Labute approximate surface area is 97.0 Å². The van der Waals surface area contributed by atoms with E-state index in [0.29, 0.717) is 6.04 Å². The maximum atomic E-state index is 5.53. The fourth-order valence-electron chi connectivity index (χ4n) is 3.14. The fraction of sp³-hybridized carbons (Fsp3) is 0.571. The highest BCUT2D eigenvalue weighted by Crippen LogP contribution is 2.54. The highest BCUT2D eigenvalue weighted by atomic mass is 16.5. The van der Waals surface area contributed by atoms with Gasteiger partial charge in [-0.15, -0.1) is 0 Å². The van der Waals surface area contributed by atoms with Gasteiger partial charge in [0.15, 0.2) is 0 Å². The smallest absolute Gasteiger partial charge is 0.122 e. The lowest BCUT2D eigenvalue weighted by Crippen LogP contribution is -2.13. The van der Waals surface area contributed by atoms with Crippen molar-refractivity contribution in [3.63, 3.8) is 0 Å². The van der Waals surface area contributed by atoms with Gasteiger partial charge in [-0.25, -0.2) is 0 Å². The molecule has 1 aromatic rings. The predicted octanol–water partition coefficient (Wildman–Crippen LogP) is 2.85. The van der Waals surface area contributed by atoms with Crippen molar-refractivity contribution in [2.45, 2.75) is 31.2 Å². The number of rotatable bonds is 3. The molecule has 86 valence electrons. The quantitative estimate of drug-likeness (QED) is 0.840. The fourth-order valence-corrected chi connectivity index (χ4v) is 3.14. The first kappa shape index (κ1) is 10.2. The van der Waals surface area contributed by atoms with E-state index in [2.05, 4.69) is 30.6 Å². The minimum Gasteiger partial charge on any atom is -0.496 e. The maximum Gasteiger partial charge on any atom is 0.122 e. The number of hydrogen-bond acceptors (Lipinski definition) is 2. The molecule has 0 radical (unpaired) electrons. The Morgan fingerprint density at radius 3 is 2.75 bits per heavy atom. The third-order valence-corrected chi connectivity index (χ3v) is 4.10. The van der Waals surface area contributed by atoms with E-state index in [4.69, 9.17) is 4.74 Å². The number of benzene rings is 1. The number of ether oxygens (including phenoxy) is 1. The molecular formula is C14H19NO. The maximum absolute atomic E-state index is 5.53. The van der Waals surface area contributed by atoms with Crippen LogP contribution in [0.15, 0.2) is 18.2 Å². The Morgan fingerprint density at radius 1 is 1.31 bits per heavy atom. The van der Waals surface area contributed by atoms with E-state index in [-0.39, 0.29) is 0 Å². The summed E-state index contributed by atoms with van der Waals surface area (Å²) in [4.78, 5) is 0. The second-order valence-electron chi connectivity index (χ2n) is 4.98. The van der Waals surface area contributed by atoms with Crippen molar-refractivity contribution in [2.75, 3.05) is 14.2 Å². The second-order valence-corrected chi connectivity index (χ2v) is 4.98. The summed E-state index contributed by atoms with van der Waals surface area (Å²) in [7, 11) is 3.84. The molecule has 2 aliphatic carbocycles. The van der Waals surface area contributed by atoms with Crippen LogP contribution >= 0.6 is 0 Å². The van der Waals surface area contributed by atoms with Gasteiger partial charge in [-0.3, -0.25) is 0 Å². The summed E-state index contributed by atoms with van der Waals surface area (Å²) in [5, 5.41) is 3.43. The van der Waals surface area contributed by atoms with Crippen molar-refractivity contribution < 1.29 is 4.74 Å². The summed E-state index contributed by atoms with van der Waals surface area (Å²) in [6.07, 6.45) is 4.05. The number of methoxy groups -OCH3 is 1. The lowest BCUT2D eigenvalue weighted by Gasteiger charge is -2.13. The van der Waals surface area contributed by atoms with Crippen LogP contribution in [0.25, 0.3) is 0 Å². The van der Waals surface area contributed by atoms with Crippen LogP contribution in [-0.2, 0) is 0 Å². The molecule has 0 amide bonds. The Hall–Kier alpha value is -1.02. The topological polar surface area (TPSA) is 21.3 Å². The zero-order valence-corrected chi connectivity index (χ0v) is 9.99. The predicted molar refractivity (Wildman–Crippen MR) is 64.9 cm³/mol. The molecule has 1 fully saturated rings. The summed E-state index contributed by atoms with van der Waals surface area (Å²) < 4.78 is 5.53. The monoisotopic (exact) mass is 217 g/mol. The highest BCUT2D eigenvalue weighted by Gasteiger charge is 2.41. The third kappa shape index (κ3) is 1.44. The Balaban J connectivity index is 2.06. The van der Waals surface area contributed by atoms with E-state index >= 15 is 0 Å². The van der Waals surface area contributed by atoms with E-state index < -0.39 is 0 Å². The molecule has 0 bridgehead atoms. The van der Waals surface area contributed by atoms with E-state index in [1.807, 2.05) is 0 Å². The SMILES string of the molecule is CNC1CC(C2CC2)c2c(OC)cccc21. The summed E-state index contributed by atoms with van der Waals surface area (Å²) in [6, 6.07) is 6.99. The normalized spacial score (nSPS) is 27.9. The first-order chi connectivity index (χ1) is 7.85. The molecule has 2 nitrogen and oxygen atoms in total. The molecule has 2 heteroatoms. The lowest BCUT2D eigenvalue weighted by atomic mass is 9.95. The molecule has 0 heterocycles. The van der Waals surface area contributed by atoms with Crippen molar-refractivity contribution in [1.82, 2.24) is 5.32 Å². The van der Waals surface area contributed by atoms with Gasteiger partial charge < -0.3 is 10.1 Å². The van der Waals surface area contributed by atoms with Crippen molar-refractivity contribution >= 4 is 0 Å². The number of hydrogen-bond donors (Lipinski definition) is 1. The van der Waals surface area contributed by atoms with Crippen LogP contribution in [0.5, 0.6) is 5.75 Å². The summed E-state index contributed by atoms with van der Waals surface area (Å²) in [5.41, 5.74) is 2.94. The number of fused-ring (bicyclic) bond motifs is 1. The molecule has 0 saturated heterocycles. The van der Waals surface area contributed by atoms with Crippen molar-refractivity contribution in [1.29, 1.82) is 0 Å². The van der Waals surface area contributed by atoms with Gasteiger partial charge in [0, 0.05) is 11.6 Å². The van der Waals surface area contributed by atoms with E-state index in [9.17, 15) is 0 Å². The number of nitrogens with one attached hydrogen (secondary N) is 1. The van der Waals surface area contributed by atoms with Gasteiger partial charge in [0.2, 0.25) is 0 Å². The van der Waals surface area contributed by atoms with Crippen LogP contribution in [0, 0.1) is 5.92 Å². The second kappa shape index (κ2) is 3.77. The van der Waals surface area contributed by atoms with Gasteiger partial charge in [-0.05, 0) is 49.8 Å². The molecular weight excluding hydrogens is 198 g/mol. The molecule has 16 heavy (non-hydrogen) atoms. The highest BCUT2D eigenvalue weighted by molar-refractivity contribution is 5.48. The Kier molecular flexibility index (Phi) is 2.40. The van der Waals surface area contributed by atoms with Crippen LogP contribution in [0.1, 0.15) is 42.3 Å². The molecule has 0 aromatic heterocycles. The third-order valence-electron chi connectivity index (χ3n) is 4.10. The van der Waals surface area contributed by atoms with Gasteiger partial charge in [-0.1, -0.05) is 12.1 Å². The van der Waals surface area contributed by atoms with E-state index in [1.54, 1.807) is 7.11 Å². The molecule has 2 atom stereocenters. The summed E-state index contributed by atoms with van der Waals surface area (Å²) in [5.74, 6) is 2.73. The minimum absolute atomic E-state index is 0.524. The average Bonchev–Trinajstić information content (AvgIpc) is 3.10. The van der Waals surface area contributed by atoms with Crippen molar-refractivity contribution in [3.8, 4) is 5.75 Å². The Bertz CT molecular complexity index is 398. The van der Waals surface area contributed by atoms with E-state index in [1.165, 1.54) is 30.4 Å². The molecule has 2 unspecified atom stereocenters. The first-order valence-corrected chi connectivity index (χ1v) is 6.19. The van der Waals surface area contributed by atoms with Crippen LogP contribution in [-0.4, -0.2) is 14.2 Å². The summed E-state index contributed by atoms with van der Waals surface area (Å²) >= 11 is 0. The van der Waals surface area contributed by atoms with Gasteiger partial charge >= 0.3 is 0 Å². The van der Waals surface area contributed by atoms with Gasteiger partial charge in [0.25, 0.3) is 0 Å². The lowest BCUT2D eigenvalue weighted by molar-refractivity contribution is 0.403. The first-order valence-electron chi connectivity index (χ1n) is 6.19. The van der Waals surface area contributed by atoms with Crippen LogP contribution in [0.4, 0.5) is 0 Å². The van der Waals surface area contributed by atoms with Crippen LogP contribution in [0.2, 0.25) is 0 Å². The van der Waals surface area contributed by atoms with Gasteiger partial charge in [-0.2, -0.15) is 0 Å². The van der Waals surface area contributed by atoms with Crippen LogP contribution in [0.3, 0.4) is 0 Å². The minimum atomic E-state index is 0.524. The van der Waals surface area contributed by atoms with Crippen molar-refractivity contribution in [2.24, 2.45) is 5.92 Å². The van der Waals surface area contributed by atoms with Gasteiger partial charge in [0.1, 0.15) is 5.75 Å². The molecule has 2 aliphatic rings. The largest absolute Gasteiger partial charge is 0.496 e. The average molecular weight is 217 g/mol. The molecule has 0 aliphatic heterocycles. The van der Waals surface area contributed by atoms with Crippen LogP contribution < -0.4 is 10.1 Å². The zero-order chi connectivity index (χ0) is 11.1. The Morgan fingerprint density at radius 2 is 2.12 bits per heavy atom. The standard InChI is InChI=1S/C14H19NO/c1-15-12-8-11(9-6-7-9)14-10(12)4-3-5-13(14)16-2/h3-5,9,11-12,15H,6-8H2,1-2H3. The van der Waals surface area contributed by atoms with E-state index in [0.717, 1.165) is 17.6 Å². The van der Waals surface area contributed by atoms with Gasteiger partial charge in [0.05, 0.1) is 7.11 Å². The zero-order valence-electron chi connectivity index (χ0n) is 9.99. The molecule has 0 spiro atoms. The molecule has 1 N–H and O–H groups in total.